The first-order valence-corrected chi connectivity index (χ1v) is 10.8. The number of hydrogen-bond acceptors (Lipinski definition) is 5. The van der Waals surface area contributed by atoms with E-state index >= 15 is 0 Å². The van der Waals surface area contributed by atoms with Gasteiger partial charge in [-0.1, -0.05) is 25.1 Å². The van der Waals surface area contributed by atoms with E-state index in [-0.39, 0.29) is 11.6 Å². The van der Waals surface area contributed by atoms with E-state index in [9.17, 15) is 4.79 Å². The Hall–Kier alpha value is -2.18. The third-order valence-corrected chi connectivity index (χ3v) is 6.84. The van der Waals surface area contributed by atoms with E-state index in [1.807, 2.05) is 37.4 Å². The van der Waals surface area contributed by atoms with Gasteiger partial charge in [0.2, 0.25) is 0 Å². The summed E-state index contributed by atoms with van der Waals surface area (Å²) < 4.78 is 5.79. The monoisotopic (exact) mass is 397 g/mol. The Morgan fingerprint density at radius 3 is 2.93 bits per heavy atom. The molecule has 2 aromatic heterocycles. The number of likely N-dealkylation sites (N-methyl/N-ethyl adjacent to an activating group) is 1. The van der Waals surface area contributed by atoms with Gasteiger partial charge in [0.05, 0.1) is 11.4 Å². The highest BCUT2D eigenvalue weighted by Crippen LogP contribution is 2.36. The topological polar surface area (TPSA) is 58.2 Å². The zero-order valence-corrected chi connectivity index (χ0v) is 17.5. The predicted molar refractivity (Wildman–Crippen MR) is 114 cm³/mol. The number of benzene rings is 1. The number of nitrogens with one attached hydrogen (secondary N) is 1. The van der Waals surface area contributed by atoms with Crippen LogP contribution in [0, 0.1) is 5.92 Å². The number of fused-ring (bicyclic) bond motifs is 3. The van der Waals surface area contributed by atoms with Crippen molar-refractivity contribution in [3.8, 4) is 5.75 Å². The van der Waals surface area contributed by atoms with E-state index in [1.165, 1.54) is 10.4 Å². The molecule has 2 atom stereocenters. The lowest BCUT2D eigenvalue weighted by Gasteiger charge is -2.23. The van der Waals surface area contributed by atoms with Gasteiger partial charge in [0.25, 0.3) is 5.56 Å². The van der Waals surface area contributed by atoms with Crippen molar-refractivity contribution >= 4 is 21.6 Å². The van der Waals surface area contributed by atoms with E-state index in [2.05, 4.69) is 23.7 Å². The summed E-state index contributed by atoms with van der Waals surface area (Å²) in [7, 11) is 2.03. The van der Waals surface area contributed by atoms with Crippen LogP contribution in [-0.2, 0) is 12.8 Å². The van der Waals surface area contributed by atoms with Gasteiger partial charge in [0.15, 0.2) is 0 Å². The molecule has 3 aromatic rings. The molecule has 0 bridgehead atoms. The molecule has 1 aliphatic carbocycles. The van der Waals surface area contributed by atoms with Crippen LogP contribution >= 0.6 is 11.3 Å². The van der Waals surface area contributed by atoms with Crippen LogP contribution in [0.15, 0.2) is 35.1 Å². The molecule has 0 aliphatic heterocycles. The molecule has 28 heavy (non-hydrogen) atoms. The molecule has 1 N–H and O–H groups in total. The number of hydrogen-bond donors (Lipinski definition) is 1. The molecule has 1 aromatic carbocycles. The molecular weight excluding hydrogens is 370 g/mol. The van der Waals surface area contributed by atoms with Crippen LogP contribution in [0.4, 0.5) is 0 Å². The molecule has 2 unspecified atom stereocenters. The van der Waals surface area contributed by atoms with Gasteiger partial charge in [-0.15, -0.1) is 11.3 Å². The second-order valence-corrected chi connectivity index (χ2v) is 8.88. The molecule has 0 fully saturated rings. The van der Waals surface area contributed by atoms with Gasteiger partial charge in [-0.25, -0.2) is 4.98 Å². The van der Waals surface area contributed by atoms with Gasteiger partial charge in [-0.3, -0.25) is 9.69 Å². The predicted octanol–water partition coefficient (Wildman–Crippen LogP) is 4.18. The highest BCUT2D eigenvalue weighted by molar-refractivity contribution is 7.18. The summed E-state index contributed by atoms with van der Waals surface area (Å²) in [4.78, 5) is 25.1. The maximum atomic E-state index is 12.8. The number of nitrogens with zero attached hydrogens (tertiary/aromatic N) is 2. The molecule has 6 heteroatoms. The van der Waals surface area contributed by atoms with Crippen molar-refractivity contribution in [2.45, 2.75) is 39.2 Å². The lowest BCUT2D eigenvalue weighted by Crippen LogP contribution is -2.29. The summed E-state index contributed by atoms with van der Waals surface area (Å²) in [6.45, 7) is 5.69. The fourth-order valence-electron chi connectivity index (χ4n) is 3.79. The van der Waals surface area contributed by atoms with Crippen LogP contribution in [-0.4, -0.2) is 35.1 Å². The normalized spacial score (nSPS) is 17.6. The van der Waals surface area contributed by atoms with Crippen LogP contribution in [0.2, 0.25) is 0 Å². The quantitative estimate of drug-likeness (QED) is 0.678. The first-order chi connectivity index (χ1) is 13.5. The first kappa shape index (κ1) is 19.2. The number of para-hydroxylation sites is 1. The van der Waals surface area contributed by atoms with Crippen molar-refractivity contribution in [2.24, 2.45) is 5.92 Å². The van der Waals surface area contributed by atoms with Crippen LogP contribution in [0.3, 0.4) is 0 Å². The summed E-state index contributed by atoms with van der Waals surface area (Å²) in [6, 6.07) is 9.82. The number of H-pyrrole nitrogens is 1. The molecule has 2 heterocycles. The fraction of sp³-hybridized carbons (Fsp3) is 0.455. The summed E-state index contributed by atoms with van der Waals surface area (Å²) in [5.41, 5.74) is 1.24. The molecule has 0 amide bonds. The van der Waals surface area contributed by atoms with Gasteiger partial charge in [0, 0.05) is 11.4 Å². The van der Waals surface area contributed by atoms with E-state index in [4.69, 9.17) is 9.72 Å². The average Bonchev–Trinajstić information content (AvgIpc) is 3.05. The lowest BCUT2D eigenvalue weighted by molar-refractivity contribution is 0.196. The van der Waals surface area contributed by atoms with Crippen molar-refractivity contribution in [3.63, 3.8) is 0 Å². The van der Waals surface area contributed by atoms with Gasteiger partial charge in [0.1, 0.15) is 23.0 Å². The van der Waals surface area contributed by atoms with E-state index in [0.29, 0.717) is 12.5 Å². The Bertz CT molecular complexity index is 1010. The Morgan fingerprint density at radius 1 is 1.36 bits per heavy atom. The summed E-state index contributed by atoms with van der Waals surface area (Å²) in [5.74, 6) is 2.29. The standard InChI is InChI=1S/C22H27N3O2S/c1-14-9-10-17-18(13-14)28-22-19(17)21(26)23-20(24-22)15(2)25(3)11-12-27-16-7-5-4-6-8-16/h4-8,14-15H,9-13H2,1-3H3,(H,23,24,26). The Kier molecular flexibility index (Phi) is 5.51. The van der Waals surface area contributed by atoms with Crippen molar-refractivity contribution in [1.29, 1.82) is 0 Å². The molecule has 0 radical (unpaired) electrons. The molecule has 1 aliphatic rings. The number of aryl methyl sites for hydroxylation is 1. The number of ether oxygens (including phenoxy) is 1. The van der Waals surface area contributed by atoms with E-state index in [0.717, 1.165) is 47.6 Å². The molecule has 0 saturated carbocycles. The zero-order valence-electron chi connectivity index (χ0n) is 16.7. The minimum Gasteiger partial charge on any atom is -0.492 e. The van der Waals surface area contributed by atoms with Crippen molar-refractivity contribution in [1.82, 2.24) is 14.9 Å². The second-order valence-electron chi connectivity index (χ2n) is 7.80. The third-order valence-electron chi connectivity index (χ3n) is 5.70. The number of thiophene rings is 1. The molecule has 0 saturated heterocycles. The van der Waals surface area contributed by atoms with Gasteiger partial charge >= 0.3 is 0 Å². The zero-order chi connectivity index (χ0) is 19.7. The third kappa shape index (κ3) is 3.84. The number of aromatic nitrogens is 2. The fourth-order valence-corrected chi connectivity index (χ4v) is 5.18. The van der Waals surface area contributed by atoms with Gasteiger partial charge in [-0.05, 0) is 56.8 Å². The van der Waals surface area contributed by atoms with Gasteiger partial charge in [-0.2, -0.15) is 0 Å². The maximum Gasteiger partial charge on any atom is 0.259 e. The van der Waals surface area contributed by atoms with Crippen LogP contribution in [0.25, 0.3) is 10.2 Å². The van der Waals surface area contributed by atoms with Crippen molar-refractivity contribution in [2.75, 3.05) is 20.2 Å². The minimum atomic E-state index is 0.00726. The molecule has 5 nitrogen and oxygen atoms in total. The maximum absolute atomic E-state index is 12.8. The highest BCUT2D eigenvalue weighted by Gasteiger charge is 2.24. The van der Waals surface area contributed by atoms with E-state index in [1.54, 1.807) is 11.3 Å². The van der Waals surface area contributed by atoms with Crippen molar-refractivity contribution in [3.05, 3.63) is 57.0 Å². The molecule has 0 spiro atoms. The van der Waals surface area contributed by atoms with Crippen LogP contribution < -0.4 is 10.3 Å². The Labute approximate surface area is 169 Å². The molecular formula is C22H27N3O2S. The average molecular weight is 398 g/mol. The summed E-state index contributed by atoms with van der Waals surface area (Å²) in [5, 5.41) is 0.818. The molecule has 148 valence electrons. The lowest BCUT2D eigenvalue weighted by atomic mass is 9.89. The SMILES string of the molecule is CC1CCc2c(sc3nc(C(C)N(C)CCOc4ccccc4)[nH]c(=O)c23)C1. The summed E-state index contributed by atoms with van der Waals surface area (Å²) >= 11 is 1.70. The minimum absolute atomic E-state index is 0.00726. The second kappa shape index (κ2) is 8.05. The highest BCUT2D eigenvalue weighted by atomic mass is 32.1. The van der Waals surface area contributed by atoms with Crippen LogP contribution in [0.1, 0.15) is 42.6 Å². The largest absolute Gasteiger partial charge is 0.492 e. The number of aromatic amines is 1. The van der Waals surface area contributed by atoms with Crippen LogP contribution in [0.5, 0.6) is 5.75 Å². The Balaban J connectivity index is 1.49. The smallest absolute Gasteiger partial charge is 0.259 e. The van der Waals surface area contributed by atoms with Gasteiger partial charge < -0.3 is 9.72 Å². The van der Waals surface area contributed by atoms with Crippen molar-refractivity contribution < 1.29 is 4.74 Å². The Morgan fingerprint density at radius 2 is 2.14 bits per heavy atom. The number of rotatable bonds is 6. The summed E-state index contributed by atoms with van der Waals surface area (Å²) in [6.07, 6.45) is 3.21. The first-order valence-electron chi connectivity index (χ1n) is 9.95. The van der Waals surface area contributed by atoms with E-state index < -0.39 is 0 Å². The molecule has 4 rings (SSSR count).